The Hall–Kier alpha value is -3.17. The highest BCUT2D eigenvalue weighted by atomic mass is 32.1. The molecular weight excluding hydrogens is 436 g/mol. The van der Waals surface area contributed by atoms with Gasteiger partial charge in [0.1, 0.15) is 10.7 Å². The highest BCUT2D eigenvalue weighted by Gasteiger charge is 2.27. The number of aryl methyl sites for hydroxylation is 4. The Bertz CT molecular complexity index is 1320. The van der Waals surface area contributed by atoms with Gasteiger partial charge in [-0.3, -0.25) is 9.69 Å². The van der Waals surface area contributed by atoms with E-state index in [-0.39, 0.29) is 5.91 Å². The predicted molar refractivity (Wildman–Crippen MR) is 127 cm³/mol. The van der Waals surface area contributed by atoms with Crippen LogP contribution in [-0.2, 0) is 6.54 Å². The minimum absolute atomic E-state index is 0.0756. The number of aromatic nitrogens is 4. The van der Waals surface area contributed by atoms with E-state index in [1.165, 1.54) is 16.9 Å². The van der Waals surface area contributed by atoms with Gasteiger partial charge < -0.3 is 9.42 Å². The van der Waals surface area contributed by atoms with E-state index in [2.05, 4.69) is 25.0 Å². The van der Waals surface area contributed by atoms with E-state index in [0.29, 0.717) is 31.3 Å². The second-order valence-electron chi connectivity index (χ2n) is 8.54. The van der Waals surface area contributed by atoms with Crippen LogP contribution < -0.4 is 0 Å². The molecular formula is C24H26N6O2S. The normalized spacial score (nSPS) is 14.8. The van der Waals surface area contributed by atoms with E-state index in [1.54, 1.807) is 0 Å². The van der Waals surface area contributed by atoms with Crippen molar-refractivity contribution in [3.63, 3.8) is 0 Å². The first-order valence-electron chi connectivity index (χ1n) is 11.0. The first-order chi connectivity index (χ1) is 15.9. The molecule has 0 saturated carbocycles. The third kappa shape index (κ3) is 4.26. The lowest BCUT2D eigenvalue weighted by Gasteiger charge is -2.33. The molecule has 9 heteroatoms. The average molecular weight is 463 g/mol. The molecule has 0 atom stereocenters. The second-order valence-corrected chi connectivity index (χ2v) is 9.54. The lowest BCUT2D eigenvalue weighted by molar-refractivity contribution is 0.0619. The highest BCUT2D eigenvalue weighted by molar-refractivity contribution is 7.20. The summed E-state index contributed by atoms with van der Waals surface area (Å²) in [4.78, 5) is 32.6. The first-order valence-corrected chi connectivity index (χ1v) is 11.9. The minimum Gasteiger partial charge on any atom is -0.338 e. The summed E-state index contributed by atoms with van der Waals surface area (Å²) >= 11 is 1.47. The molecule has 1 amide bonds. The Balaban J connectivity index is 1.23. The van der Waals surface area contributed by atoms with Crippen LogP contribution in [0, 0.1) is 27.7 Å². The third-order valence-corrected chi connectivity index (χ3v) is 7.25. The van der Waals surface area contributed by atoms with Gasteiger partial charge in [-0.15, -0.1) is 11.3 Å². The summed E-state index contributed by atoms with van der Waals surface area (Å²) in [6.07, 6.45) is 0. The summed E-state index contributed by atoms with van der Waals surface area (Å²) in [5.74, 6) is 2.01. The van der Waals surface area contributed by atoms with Gasteiger partial charge in [0, 0.05) is 42.8 Å². The lowest BCUT2D eigenvalue weighted by Crippen LogP contribution is -2.48. The van der Waals surface area contributed by atoms with E-state index >= 15 is 0 Å². The fourth-order valence-electron chi connectivity index (χ4n) is 4.26. The number of carbonyl (C=O) groups excluding carboxylic acids is 1. The summed E-state index contributed by atoms with van der Waals surface area (Å²) in [6.45, 7) is 11.3. The van der Waals surface area contributed by atoms with Crippen molar-refractivity contribution in [3.8, 4) is 11.4 Å². The molecule has 0 aliphatic carbocycles. The van der Waals surface area contributed by atoms with Crippen molar-refractivity contribution in [3.05, 3.63) is 57.7 Å². The predicted octanol–water partition coefficient (Wildman–Crippen LogP) is 3.93. The summed E-state index contributed by atoms with van der Waals surface area (Å²) in [5, 5.41) is 5.13. The van der Waals surface area contributed by atoms with Crippen LogP contribution in [0.25, 0.3) is 21.6 Å². The van der Waals surface area contributed by atoms with Gasteiger partial charge in [0.05, 0.1) is 11.4 Å². The molecule has 4 aromatic rings. The highest BCUT2D eigenvalue weighted by Crippen LogP contribution is 2.32. The van der Waals surface area contributed by atoms with Crippen LogP contribution in [-0.4, -0.2) is 62.0 Å². The van der Waals surface area contributed by atoms with Crippen molar-refractivity contribution in [1.29, 1.82) is 0 Å². The number of hydrogen-bond acceptors (Lipinski definition) is 8. The molecule has 0 spiro atoms. The number of fused-ring (bicyclic) bond motifs is 1. The molecule has 3 aromatic heterocycles. The molecule has 4 heterocycles. The Labute approximate surface area is 196 Å². The molecule has 1 aromatic carbocycles. The molecule has 1 aliphatic heterocycles. The van der Waals surface area contributed by atoms with E-state index in [4.69, 9.17) is 4.52 Å². The first kappa shape index (κ1) is 21.7. The number of piperazine rings is 1. The largest absolute Gasteiger partial charge is 0.338 e. The van der Waals surface area contributed by atoms with Crippen LogP contribution in [0.2, 0.25) is 0 Å². The number of hydrogen-bond donors (Lipinski definition) is 0. The second kappa shape index (κ2) is 8.64. The number of rotatable bonds is 4. The Kier molecular flexibility index (Phi) is 5.67. The number of thiophene rings is 1. The van der Waals surface area contributed by atoms with Gasteiger partial charge in [-0.05, 0) is 33.3 Å². The van der Waals surface area contributed by atoms with E-state index in [0.717, 1.165) is 50.8 Å². The van der Waals surface area contributed by atoms with Gasteiger partial charge in [0.2, 0.25) is 11.7 Å². The van der Waals surface area contributed by atoms with Crippen molar-refractivity contribution in [2.45, 2.75) is 34.2 Å². The molecule has 170 valence electrons. The van der Waals surface area contributed by atoms with Crippen LogP contribution >= 0.6 is 11.3 Å². The summed E-state index contributed by atoms with van der Waals surface area (Å²) in [5.41, 5.74) is 4.05. The van der Waals surface area contributed by atoms with Crippen LogP contribution in [0.15, 0.2) is 28.8 Å². The Morgan fingerprint density at radius 3 is 2.45 bits per heavy atom. The van der Waals surface area contributed by atoms with Crippen LogP contribution in [0.3, 0.4) is 0 Å². The zero-order valence-corrected chi connectivity index (χ0v) is 20.1. The van der Waals surface area contributed by atoms with Gasteiger partial charge in [-0.1, -0.05) is 35.0 Å². The van der Waals surface area contributed by atoms with E-state index in [1.807, 2.05) is 56.9 Å². The van der Waals surface area contributed by atoms with Gasteiger partial charge in [-0.25, -0.2) is 9.97 Å². The molecule has 0 unspecified atom stereocenters. The molecule has 1 fully saturated rings. The number of benzene rings is 1. The van der Waals surface area contributed by atoms with Gasteiger partial charge in [0.15, 0.2) is 0 Å². The Morgan fingerprint density at radius 1 is 1.00 bits per heavy atom. The third-order valence-electron chi connectivity index (χ3n) is 6.07. The molecule has 33 heavy (non-hydrogen) atoms. The summed E-state index contributed by atoms with van der Waals surface area (Å²) in [6, 6.07) is 8.07. The quantitative estimate of drug-likeness (QED) is 0.454. The van der Waals surface area contributed by atoms with Crippen LogP contribution in [0.1, 0.15) is 38.2 Å². The van der Waals surface area contributed by atoms with Crippen LogP contribution in [0.4, 0.5) is 0 Å². The van der Waals surface area contributed by atoms with Crippen molar-refractivity contribution in [2.75, 3.05) is 26.2 Å². The van der Waals surface area contributed by atoms with Crippen molar-refractivity contribution < 1.29 is 9.32 Å². The summed E-state index contributed by atoms with van der Waals surface area (Å²) < 4.78 is 5.47. The molecule has 8 nitrogen and oxygen atoms in total. The minimum atomic E-state index is 0.0756. The van der Waals surface area contributed by atoms with E-state index < -0.39 is 0 Å². The average Bonchev–Trinajstić information content (AvgIpc) is 3.39. The molecule has 0 radical (unpaired) electrons. The molecule has 1 saturated heterocycles. The van der Waals surface area contributed by atoms with Gasteiger partial charge >= 0.3 is 0 Å². The molecule has 1 aliphatic rings. The maximum absolute atomic E-state index is 13.3. The lowest BCUT2D eigenvalue weighted by atomic mass is 10.1. The monoisotopic (exact) mass is 462 g/mol. The fraction of sp³-hybridized carbons (Fsp3) is 0.375. The van der Waals surface area contributed by atoms with Gasteiger partial charge in [0.25, 0.3) is 5.91 Å². The number of amides is 1. The van der Waals surface area contributed by atoms with Crippen LogP contribution in [0.5, 0.6) is 0 Å². The Morgan fingerprint density at radius 2 is 1.73 bits per heavy atom. The number of carbonyl (C=O) groups is 1. The van der Waals surface area contributed by atoms with Crippen molar-refractivity contribution in [1.82, 2.24) is 29.9 Å². The fourth-order valence-corrected chi connectivity index (χ4v) is 5.51. The smallest absolute Gasteiger partial charge is 0.264 e. The maximum Gasteiger partial charge on any atom is 0.264 e. The van der Waals surface area contributed by atoms with E-state index in [9.17, 15) is 4.79 Å². The molecule has 0 N–H and O–H groups in total. The van der Waals surface area contributed by atoms with Gasteiger partial charge in [-0.2, -0.15) is 4.98 Å². The molecule has 0 bridgehead atoms. The van der Waals surface area contributed by atoms with Crippen molar-refractivity contribution >= 4 is 27.5 Å². The number of nitrogens with zero attached hydrogens (tertiary/aromatic N) is 6. The standard InChI is InChI=1S/C24H26N6O2S/c1-14-5-7-18(8-6-14)22-27-19(32-28-22)13-29-9-11-30(12-10-29)24(31)21-15(2)20-16(3)25-17(4)26-23(20)33-21/h5-8H,9-13H2,1-4H3. The molecule has 5 rings (SSSR count). The van der Waals surface area contributed by atoms with Crippen molar-refractivity contribution in [2.24, 2.45) is 0 Å². The maximum atomic E-state index is 13.3. The zero-order valence-electron chi connectivity index (χ0n) is 19.3. The summed E-state index contributed by atoms with van der Waals surface area (Å²) in [7, 11) is 0. The topological polar surface area (TPSA) is 88.3 Å². The zero-order chi connectivity index (χ0) is 23.1. The SMILES string of the molecule is Cc1ccc(-c2noc(CN3CCN(C(=O)c4sc5nc(C)nc(C)c5c4C)CC3)n2)cc1.